The highest BCUT2D eigenvalue weighted by Gasteiger charge is 2.47. The van der Waals surface area contributed by atoms with Crippen molar-refractivity contribution in [2.45, 2.75) is 18.5 Å². The molecule has 1 amide bonds. The average Bonchev–Trinajstić information content (AvgIpc) is 2.85. The summed E-state index contributed by atoms with van der Waals surface area (Å²) in [6.45, 7) is -0.259. The number of likely N-dealkylation sites (N-methyl/N-ethyl adjacent to an activating group) is 1. The van der Waals surface area contributed by atoms with Gasteiger partial charge in [-0.2, -0.15) is 0 Å². The molecule has 0 saturated carbocycles. The Morgan fingerprint density at radius 2 is 2.09 bits per heavy atom. The summed E-state index contributed by atoms with van der Waals surface area (Å²) in [7, 11) is 1.47. The predicted molar refractivity (Wildman–Crippen MR) is 76.5 cm³/mol. The molecule has 1 fully saturated rings. The third-order valence-electron chi connectivity index (χ3n) is 4.12. The van der Waals surface area contributed by atoms with Crippen molar-refractivity contribution >= 4 is 11.9 Å². The fourth-order valence-electron chi connectivity index (χ4n) is 3.03. The molecule has 1 heterocycles. The first-order valence-corrected chi connectivity index (χ1v) is 7.15. The van der Waals surface area contributed by atoms with Gasteiger partial charge in [0, 0.05) is 18.2 Å². The first kappa shape index (κ1) is 17.3. The van der Waals surface area contributed by atoms with E-state index in [0.717, 1.165) is 6.07 Å². The molecule has 2 rings (SSSR count). The summed E-state index contributed by atoms with van der Waals surface area (Å²) >= 11 is 0. The van der Waals surface area contributed by atoms with E-state index in [1.165, 1.54) is 24.1 Å². The van der Waals surface area contributed by atoms with Crippen molar-refractivity contribution in [3.8, 4) is 0 Å². The normalized spacial score (nSPS) is 24.6. The first-order chi connectivity index (χ1) is 10.9. The number of nitrogens with one attached hydrogen (secondary N) is 1. The van der Waals surface area contributed by atoms with Gasteiger partial charge in [-0.15, -0.1) is 0 Å². The van der Waals surface area contributed by atoms with Crippen LogP contribution in [-0.2, 0) is 9.59 Å². The number of rotatable bonds is 5. The van der Waals surface area contributed by atoms with E-state index in [0.29, 0.717) is 0 Å². The second kappa shape index (κ2) is 7.01. The molecule has 0 aliphatic carbocycles. The lowest BCUT2D eigenvalue weighted by molar-refractivity contribution is -0.142. The lowest BCUT2D eigenvalue weighted by Crippen LogP contribution is -2.37. The number of likely N-dealkylation sites (tertiary alicyclic amines) is 1. The highest BCUT2D eigenvalue weighted by Crippen LogP contribution is 2.41. The van der Waals surface area contributed by atoms with Crippen molar-refractivity contribution in [1.82, 2.24) is 10.2 Å². The van der Waals surface area contributed by atoms with Crippen molar-refractivity contribution in [3.05, 3.63) is 35.4 Å². The van der Waals surface area contributed by atoms with Crippen LogP contribution < -0.4 is 5.32 Å². The number of carboxylic acids is 1. The van der Waals surface area contributed by atoms with Crippen LogP contribution in [0.3, 0.4) is 0 Å². The van der Waals surface area contributed by atoms with Gasteiger partial charge in [0.05, 0.1) is 12.5 Å². The number of halogens is 2. The van der Waals surface area contributed by atoms with E-state index in [4.69, 9.17) is 5.11 Å². The van der Waals surface area contributed by atoms with Crippen LogP contribution >= 0.6 is 0 Å². The number of carbonyl (C=O) groups is 2. The zero-order valence-electron chi connectivity index (χ0n) is 12.5. The molecule has 0 bridgehead atoms. The Labute approximate surface area is 131 Å². The van der Waals surface area contributed by atoms with Gasteiger partial charge in [0.1, 0.15) is 6.04 Å². The summed E-state index contributed by atoms with van der Waals surface area (Å²) < 4.78 is 27.6. The highest BCUT2D eigenvalue weighted by molar-refractivity contribution is 5.83. The minimum atomic E-state index is -1.13. The molecule has 0 aromatic heterocycles. The van der Waals surface area contributed by atoms with E-state index in [9.17, 15) is 23.5 Å². The van der Waals surface area contributed by atoms with Crippen LogP contribution in [0.5, 0.6) is 0 Å². The molecule has 126 valence electrons. The largest absolute Gasteiger partial charge is 0.480 e. The molecule has 1 aromatic rings. The van der Waals surface area contributed by atoms with Gasteiger partial charge in [-0.25, -0.2) is 8.78 Å². The van der Waals surface area contributed by atoms with Gasteiger partial charge < -0.3 is 15.5 Å². The Hall–Kier alpha value is -2.06. The Kier molecular flexibility index (Phi) is 5.27. The van der Waals surface area contributed by atoms with Crippen LogP contribution in [0.4, 0.5) is 8.78 Å². The third kappa shape index (κ3) is 3.32. The summed E-state index contributed by atoms with van der Waals surface area (Å²) in [4.78, 5) is 24.9. The quantitative estimate of drug-likeness (QED) is 0.733. The number of carbonyl (C=O) groups excluding carboxylic acids is 1. The topological polar surface area (TPSA) is 89.9 Å². The fraction of sp³-hybridized carbons (Fsp3) is 0.467. The van der Waals surface area contributed by atoms with Crippen molar-refractivity contribution in [1.29, 1.82) is 0 Å². The number of hydrogen-bond acceptors (Lipinski definition) is 4. The number of hydrogen-bond donors (Lipinski definition) is 3. The van der Waals surface area contributed by atoms with E-state index in [1.807, 2.05) is 0 Å². The van der Waals surface area contributed by atoms with Crippen molar-refractivity contribution < 1.29 is 28.6 Å². The monoisotopic (exact) mass is 328 g/mol. The molecule has 3 atom stereocenters. The fourth-order valence-corrected chi connectivity index (χ4v) is 3.03. The second-order valence-electron chi connectivity index (χ2n) is 5.46. The SMILES string of the molecule is CN1[C@H](C(=O)O)C[C@H](C(=O)NCCO)[C@@H]1c1cccc(F)c1F. The molecule has 1 aliphatic heterocycles. The van der Waals surface area contributed by atoms with Crippen LogP contribution in [0, 0.1) is 17.6 Å². The van der Waals surface area contributed by atoms with Crippen molar-refractivity contribution in [3.63, 3.8) is 0 Å². The van der Waals surface area contributed by atoms with Gasteiger partial charge in [0.2, 0.25) is 5.91 Å². The van der Waals surface area contributed by atoms with Crippen molar-refractivity contribution in [2.75, 3.05) is 20.2 Å². The summed E-state index contributed by atoms with van der Waals surface area (Å²) in [6.07, 6.45) is -0.0241. The second-order valence-corrected chi connectivity index (χ2v) is 5.46. The first-order valence-electron chi connectivity index (χ1n) is 7.15. The molecule has 0 unspecified atom stereocenters. The molecule has 1 aromatic carbocycles. The smallest absolute Gasteiger partial charge is 0.320 e. The van der Waals surface area contributed by atoms with Gasteiger partial charge in [-0.1, -0.05) is 12.1 Å². The van der Waals surface area contributed by atoms with Crippen molar-refractivity contribution in [2.24, 2.45) is 5.92 Å². The minimum absolute atomic E-state index is 0.00907. The van der Waals surface area contributed by atoms with E-state index in [1.54, 1.807) is 0 Å². The molecule has 1 aliphatic rings. The summed E-state index contributed by atoms with van der Waals surface area (Å²) in [5, 5.41) is 20.5. The third-order valence-corrected chi connectivity index (χ3v) is 4.12. The van der Waals surface area contributed by atoms with E-state index >= 15 is 0 Å². The molecular weight excluding hydrogens is 310 g/mol. The van der Waals surface area contributed by atoms with Crippen LogP contribution in [0.15, 0.2) is 18.2 Å². The Bertz CT molecular complexity index is 611. The van der Waals surface area contributed by atoms with Crippen LogP contribution in [-0.4, -0.2) is 53.2 Å². The molecule has 1 saturated heterocycles. The van der Waals surface area contributed by atoms with Crippen LogP contribution in [0.25, 0.3) is 0 Å². The minimum Gasteiger partial charge on any atom is -0.480 e. The zero-order valence-corrected chi connectivity index (χ0v) is 12.5. The highest BCUT2D eigenvalue weighted by atomic mass is 19.2. The number of aliphatic hydroxyl groups is 1. The summed E-state index contributed by atoms with van der Waals surface area (Å²) in [5.41, 5.74) is -0.0552. The number of aliphatic hydroxyl groups excluding tert-OH is 1. The molecule has 0 radical (unpaired) electrons. The van der Waals surface area contributed by atoms with Gasteiger partial charge in [0.15, 0.2) is 11.6 Å². The van der Waals surface area contributed by atoms with E-state index < -0.39 is 41.5 Å². The van der Waals surface area contributed by atoms with Gasteiger partial charge >= 0.3 is 5.97 Å². The number of nitrogens with zero attached hydrogens (tertiary/aromatic N) is 1. The number of carboxylic acid groups (broad SMARTS) is 1. The number of amides is 1. The number of aliphatic carboxylic acids is 1. The summed E-state index contributed by atoms with van der Waals surface area (Å²) in [6, 6.07) is 1.75. The maximum Gasteiger partial charge on any atom is 0.320 e. The standard InChI is InChI=1S/C15H18F2N2O4/c1-19-11(15(22)23)7-9(14(21)18-5-6-20)13(19)8-3-2-4-10(16)12(8)17/h2-4,9,11,13,20H,5-7H2,1H3,(H,18,21)(H,22,23)/t9-,11-,13-/m0/s1. The molecule has 3 N–H and O–H groups in total. The molecular formula is C15H18F2N2O4. The predicted octanol–water partition coefficient (Wildman–Crippen LogP) is 0.519. The Morgan fingerprint density at radius 3 is 2.70 bits per heavy atom. The van der Waals surface area contributed by atoms with Gasteiger partial charge in [-0.05, 0) is 19.5 Å². The van der Waals surface area contributed by atoms with Crippen LogP contribution in [0.1, 0.15) is 18.0 Å². The van der Waals surface area contributed by atoms with Crippen LogP contribution in [0.2, 0.25) is 0 Å². The molecule has 0 spiro atoms. The lowest BCUT2D eigenvalue weighted by Gasteiger charge is -2.26. The Balaban J connectivity index is 2.40. The lowest BCUT2D eigenvalue weighted by atomic mass is 9.92. The van der Waals surface area contributed by atoms with E-state index in [-0.39, 0.29) is 25.1 Å². The average molecular weight is 328 g/mol. The zero-order chi connectivity index (χ0) is 17.1. The Morgan fingerprint density at radius 1 is 1.39 bits per heavy atom. The molecule has 23 heavy (non-hydrogen) atoms. The van der Waals surface area contributed by atoms with Gasteiger partial charge in [0.25, 0.3) is 0 Å². The van der Waals surface area contributed by atoms with E-state index in [2.05, 4.69) is 5.32 Å². The van der Waals surface area contributed by atoms with Gasteiger partial charge in [-0.3, -0.25) is 14.5 Å². The maximum atomic E-state index is 14.1. The maximum absolute atomic E-state index is 14.1. The number of benzene rings is 1. The molecule has 6 nitrogen and oxygen atoms in total. The molecule has 8 heteroatoms. The summed E-state index contributed by atoms with van der Waals surface area (Å²) in [5.74, 6) is -4.63.